The summed E-state index contributed by atoms with van der Waals surface area (Å²) >= 11 is 5.66. The Balaban J connectivity index is 2.21. The van der Waals surface area contributed by atoms with Gasteiger partial charge < -0.3 is 10.6 Å². The molecule has 0 aliphatic heterocycles. The van der Waals surface area contributed by atoms with Gasteiger partial charge in [-0.25, -0.2) is 4.39 Å². The zero-order valence-corrected chi connectivity index (χ0v) is 11.8. The highest BCUT2D eigenvalue weighted by atomic mass is 35.5. The van der Waals surface area contributed by atoms with Crippen LogP contribution in [-0.4, -0.2) is 23.2 Å². The number of anilines is 1. The standard InChI is InChI=1S/C14H16ClFN2O2/c1-8(15)13(19)18-11-7-3-6-10(16)12(11)14(20)17-9-4-2-5-9/h3,6-9H,2,4-5H2,1H3,(H,17,20)(H,18,19)/t8-/m1/s1. The fourth-order valence-corrected chi connectivity index (χ4v) is 1.96. The van der Waals surface area contributed by atoms with Crippen molar-refractivity contribution in [2.75, 3.05) is 5.32 Å². The maximum atomic E-state index is 13.9. The predicted octanol–water partition coefficient (Wildman–Crippen LogP) is 2.67. The average molecular weight is 299 g/mol. The number of carbonyl (C=O) groups is 2. The summed E-state index contributed by atoms with van der Waals surface area (Å²) in [5, 5.41) is 4.46. The number of hydrogen-bond donors (Lipinski definition) is 2. The van der Waals surface area contributed by atoms with E-state index in [1.165, 1.54) is 25.1 Å². The van der Waals surface area contributed by atoms with Gasteiger partial charge in [0.25, 0.3) is 5.91 Å². The van der Waals surface area contributed by atoms with Gasteiger partial charge in [-0.2, -0.15) is 0 Å². The molecule has 1 fully saturated rings. The molecule has 2 rings (SSSR count). The highest BCUT2D eigenvalue weighted by Crippen LogP contribution is 2.23. The summed E-state index contributed by atoms with van der Waals surface area (Å²) in [6.45, 7) is 1.50. The van der Waals surface area contributed by atoms with Crippen LogP contribution < -0.4 is 10.6 Å². The zero-order valence-electron chi connectivity index (χ0n) is 11.1. The Morgan fingerprint density at radius 1 is 1.40 bits per heavy atom. The van der Waals surface area contributed by atoms with Crippen molar-refractivity contribution in [1.29, 1.82) is 0 Å². The fraction of sp³-hybridized carbons (Fsp3) is 0.429. The van der Waals surface area contributed by atoms with Crippen LogP contribution in [0.5, 0.6) is 0 Å². The van der Waals surface area contributed by atoms with E-state index in [1.54, 1.807) is 0 Å². The number of nitrogens with one attached hydrogen (secondary N) is 2. The molecular weight excluding hydrogens is 283 g/mol. The van der Waals surface area contributed by atoms with Gasteiger partial charge in [0, 0.05) is 6.04 Å². The second-order valence-corrected chi connectivity index (χ2v) is 5.52. The van der Waals surface area contributed by atoms with E-state index in [1.807, 2.05) is 0 Å². The van der Waals surface area contributed by atoms with E-state index in [-0.39, 0.29) is 17.3 Å². The molecule has 1 aromatic rings. The molecule has 1 aliphatic rings. The lowest BCUT2D eigenvalue weighted by Crippen LogP contribution is -2.40. The lowest BCUT2D eigenvalue weighted by atomic mass is 9.93. The van der Waals surface area contributed by atoms with E-state index in [0.29, 0.717) is 0 Å². The Labute approximate surface area is 121 Å². The Kier molecular flexibility index (Phi) is 4.60. The van der Waals surface area contributed by atoms with Crippen molar-refractivity contribution in [3.05, 3.63) is 29.6 Å². The molecule has 0 unspecified atom stereocenters. The van der Waals surface area contributed by atoms with Crippen molar-refractivity contribution in [2.45, 2.75) is 37.6 Å². The first-order chi connectivity index (χ1) is 9.49. The molecule has 0 saturated heterocycles. The second-order valence-electron chi connectivity index (χ2n) is 4.87. The van der Waals surface area contributed by atoms with E-state index < -0.39 is 23.0 Å². The predicted molar refractivity (Wildman–Crippen MR) is 75.4 cm³/mol. The molecule has 0 bridgehead atoms. The van der Waals surface area contributed by atoms with Crippen LogP contribution >= 0.6 is 11.6 Å². The molecule has 6 heteroatoms. The molecule has 0 aromatic heterocycles. The zero-order chi connectivity index (χ0) is 14.7. The second kappa shape index (κ2) is 6.22. The molecule has 2 N–H and O–H groups in total. The topological polar surface area (TPSA) is 58.2 Å². The smallest absolute Gasteiger partial charge is 0.256 e. The molecule has 2 amide bonds. The highest BCUT2D eigenvalue weighted by Gasteiger charge is 2.24. The molecule has 1 saturated carbocycles. The molecule has 0 heterocycles. The number of alkyl halides is 1. The molecule has 1 aromatic carbocycles. The van der Waals surface area contributed by atoms with Crippen molar-refractivity contribution in [3.63, 3.8) is 0 Å². The van der Waals surface area contributed by atoms with Gasteiger partial charge in [-0.3, -0.25) is 9.59 Å². The first-order valence-electron chi connectivity index (χ1n) is 6.53. The minimum atomic E-state index is -0.763. The molecule has 1 atom stereocenters. The molecule has 1 aliphatic carbocycles. The minimum Gasteiger partial charge on any atom is -0.349 e. The fourth-order valence-electron chi connectivity index (χ4n) is 1.90. The van der Waals surface area contributed by atoms with E-state index in [0.717, 1.165) is 19.3 Å². The molecular formula is C14H16ClFN2O2. The summed E-state index contributed by atoms with van der Waals surface area (Å²) < 4.78 is 13.9. The monoisotopic (exact) mass is 298 g/mol. The maximum Gasteiger partial charge on any atom is 0.256 e. The minimum absolute atomic E-state index is 0.0950. The van der Waals surface area contributed by atoms with Crippen LogP contribution in [0, 0.1) is 5.82 Å². The Bertz CT molecular complexity index is 530. The summed E-state index contributed by atoms with van der Waals surface area (Å²) in [5.74, 6) is -1.65. The molecule has 0 radical (unpaired) electrons. The summed E-state index contributed by atoms with van der Waals surface area (Å²) in [4.78, 5) is 23.7. The van der Waals surface area contributed by atoms with Gasteiger partial charge in [0.1, 0.15) is 11.2 Å². The third-order valence-electron chi connectivity index (χ3n) is 3.30. The van der Waals surface area contributed by atoms with E-state index in [4.69, 9.17) is 11.6 Å². The summed E-state index contributed by atoms with van der Waals surface area (Å²) in [6.07, 6.45) is 2.87. The van der Waals surface area contributed by atoms with Gasteiger partial charge in [0.15, 0.2) is 0 Å². The largest absolute Gasteiger partial charge is 0.349 e. The lowest BCUT2D eigenvalue weighted by Gasteiger charge is -2.26. The third-order valence-corrected chi connectivity index (χ3v) is 3.50. The van der Waals surface area contributed by atoms with Gasteiger partial charge in [0.2, 0.25) is 5.91 Å². The number of hydrogen-bond acceptors (Lipinski definition) is 2. The van der Waals surface area contributed by atoms with Crippen molar-refractivity contribution in [3.8, 4) is 0 Å². The molecule has 0 spiro atoms. The average Bonchev–Trinajstić information content (AvgIpc) is 2.33. The van der Waals surface area contributed by atoms with Crippen LogP contribution in [0.4, 0.5) is 10.1 Å². The molecule has 108 valence electrons. The van der Waals surface area contributed by atoms with Gasteiger partial charge in [-0.1, -0.05) is 6.07 Å². The van der Waals surface area contributed by atoms with Crippen LogP contribution in [0.3, 0.4) is 0 Å². The van der Waals surface area contributed by atoms with Crippen LogP contribution in [0.1, 0.15) is 36.5 Å². The first kappa shape index (κ1) is 14.8. The van der Waals surface area contributed by atoms with E-state index in [2.05, 4.69) is 10.6 Å². The van der Waals surface area contributed by atoms with Gasteiger partial charge >= 0.3 is 0 Å². The van der Waals surface area contributed by atoms with Gasteiger partial charge in [-0.05, 0) is 38.3 Å². The Morgan fingerprint density at radius 2 is 2.10 bits per heavy atom. The summed E-state index contributed by atoms with van der Waals surface area (Å²) in [5.41, 5.74) is -0.00982. The van der Waals surface area contributed by atoms with Crippen LogP contribution in [0.25, 0.3) is 0 Å². The lowest BCUT2D eigenvalue weighted by molar-refractivity contribution is -0.115. The normalized spacial score (nSPS) is 16.1. The molecule has 20 heavy (non-hydrogen) atoms. The number of rotatable bonds is 4. The first-order valence-corrected chi connectivity index (χ1v) is 6.97. The maximum absolute atomic E-state index is 13.9. The number of benzene rings is 1. The van der Waals surface area contributed by atoms with E-state index in [9.17, 15) is 14.0 Å². The number of amides is 2. The number of carbonyl (C=O) groups excluding carboxylic acids is 2. The van der Waals surface area contributed by atoms with Gasteiger partial charge in [0.05, 0.1) is 11.3 Å². The van der Waals surface area contributed by atoms with Crippen LogP contribution in [0.2, 0.25) is 0 Å². The van der Waals surface area contributed by atoms with Gasteiger partial charge in [-0.15, -0.1) is 11.6 Å². The quantitative estimate of drug-likeness (QED) is 0.840. The van der Waals surface area contributed by atoms with E-state index >= 15 is 0 Å². The van der Waals surface area contributed by atoms with Crippen molar-refractivity contribution < 1.29 is 14.0 Å². The third kappa shape index (κ3) is 3.28. The summed E-state index contributed by atoms with van der Waals surface area (Å²) in [7, 11) is 0. The van der Waals surface area contributed by atoms with Crippen molar-refractivity contribution in [2.24, 2.45) is 0 Å². The van der Waals surface area contributed by atoms with Crippen LogP contribution in [0.15, 0.2) is 18.2 Å². The van der Waals surface area contributed by atoms with Crippen molar-refractivity contribution >= 4 is 29.1 Å². The number of halogens is 2. The Morgan fingerprint density at radius 3 is 2.65 bits per heavy atom. The Hall–Kier alpha value is -1.62. The highest BCUT2D eigenvalue weighted by molar-refractivity contribution is 6.32. The van der Waals surface area contributed by atoms with Crippen molar-refractivity contribution in [1.82, 2.24) is 5.32 Å². The summed E-state index contributed by atoms with van der Waals surface area (Å²) in [6, 6.07) is 4.20. The van der Waals surface area contributed by atoms with Crippen LogP contribution in [-0.2, 0) is 4.79 Å². The molecule has 4 nitrogen and oxygen atoms in total. The SMILES string of the molecule is C[C@@H](Cl)C(=O)Nc1cccc(F)c1C(=O)NC1CCC1.